The second-order valence-electron chi connectivity index (χ2n) is 8.31. The molecule has 0 aromatic heterocycles. The molecule has 0 bridgehead atoms. The van der Waals surface area contributed by atoms with Crippen molar-refractivity contribution < 1.29 is 9.59 Å². The number of hydrogen-bond acceptors (Lipinski definition) is 2. The van der Waals surface area contributed by atoms with Gasteiger partial charge >= 0.3 is 0 Å². The molecule has 0 fully saturated rings. The first-order valence-corrected chi connectivity index (χ1v) is 11.8. The minimum absolute atomic E-state index is 0.305. The van der Waals surface area contributed by atoms with E-state index in [0.717, 1.165) is 18.4 Å². The van der Waals surface area contributed by atoms with Crippen molar-refractivity contribution in [1.29, 1.82) is 0 Å². The van der Waals surface area contributed by atoms with Crippen LogP contribution in [0.4, 0.5) is 5.69 Å². The number of amides is 2. The Morgan fingerprint density at radius 2 is 1.30 bits per heavy atom. The fourth-order valence-electron chi connectivity index (χ4n) is 3.71. The highest BCUT2D eigenvalue weighted by Gasteiger charge is 2.31. The van der Waals surface area contributed by atoms with Crippen molar-refractivity contribution in [2.24, 2.45) is 0 Å². The van der Waals surface area contributed by atoms with Gasteiger partial charge < -0.3 is 0 Å². The average molecular weight is 408 g/mol. The van der Waals surface area contributed by atoms with Crippen LogP contribution in [0.2, 0.25) is 0 Å². The Morgan fingerprint density at radius 1 is 0.767 bits per heavy atom. The Bertz CT molecular complexity index is 764. The molecule has 3 nitrogen and oxygen atoms in total. The van der Waals surface area contributed by atoms with Crippen molar-refractivity contribution >= 4 is 17.5 Å². The van der Waals surface area contributed by atoms with E-state index in [9.17, 15) is 9.59 Å². The smallest absolute Gasteiger partial charge is 0.269 e. The maximum Gasteiger partial charge on any atom is 0.274 e. The summed E-state index contributed by atoms with van der Waals surface area (Å²) in [5.74, 6) is 5.37. The topological polar surface area (TPSA) is 37.4 Å². The zero-order valence-electron chi connectivity index (χ0n) is 18.8. The number of anilines is 1. The number of hydrogen-bond donors (Lipinski definition) is 0. The lowest BCUT2D eigenvalue weighted by molar-refractivity contribution is -0.120. The Morgan fingerprint density at radius 3 is 1.87 bits per heavy atom. The lowest BCUT2D eigenvalue weighted by Gasteiger charge is -2.14. The van der Waals surface area contributed by atoms with Crippen LogP contribution in [-0.2, 0) is 9.59 Å². The average Bonchev–Trinajstić information content (AvgIpc) is 3.02. The third-order valence-corrected chi connectivity index (χ3v) is 5.59. The molecule has 2 rings (SSSR count). The zero-order chi connectivity index (χ0) is 21.6. The van der Waals surface area contributed by atoms with Crippen LogP contribution in [0.15, 0.2) is 35.9 Å². The highest BCUT2D eigenvalue weighted by atomic mass is 16.2. The highest BCUT2D eigenvalue weighted by Crippen LogP contribution is 2.22. The molecule has 1 heterocycles. The van der Waals surface area contributed by atoms with Gasteiger partial charge in [0.05, 0.1) is 11.3 Å². The predicted molar refractivity (Wildman–Crippen MR) is 125 cm³/mol. The van der Waals surface area contributed by atoms with Crippen molar-refractivity contribution in [3.63, 3.8) is 0 Å². The summed E-state index contributed by atoms with van der Waals surface area (Å²) < 4.78 is 0. The number of nitrogens with zero attached hydrogens (tertiary/aromatic N) is 1. The number of rotatable bonds is 13. The molecule has 0 saturated heterocycles. The molecule has 3 heteroatoms. The van der Waals surface area contributed by atoms with Gasteiger partial charge in [-0.25, -0.2) is 4.90 Å². The SMILES string of the molecule is CCCCCCCCCCCCCCC#CC1=CC(=O)N(c2ccc(C)cc2)C1=O. The molecule has 1 aromatic rings. The lowest BCUT2D eigenvalue weighted by atomic mass is 10.0. The number of benzene rings is 1. The first-order chi connectivity index (χ1) is 14.6. The third-order valence-electron chi connectivity index (χ3n) is 5.59. The minimum atomic E-state index is -0.314. The number of aryl methyl sites for hydroxylation is 1. The van der Waals surface area contributed by atoms with E-state index in [1.807, 2.05) is 19.1 Å². The molecule has 0 saturated carbocycles. The van der Waals surface area contributed by atoms with E-state index in [1.165, 1.54) is 81.6 Å². The van der Waals surface area contributed by atoms with Gasteiger partial charge in [0.2, 0.25) is 0 Å². The zero-order valence-corrected chi connectivity index (χ0v) is 18.8. The molecular weight excluding hydrogens is 370 g/mol. The quantitative estimate of drug-likeness (QED) is 0.203. The Labute approximate surface area is 182 Å². The van der Waals surface area contributed by atoms with Gasteiger partial charge in [-0.15, -0.1) is 0 Å². The van der Waals surface area contributed by atoms with E-state index in [0.29, 0.717) is 11.3 Å². The van der Waals surface area contributed by atoms with Crippen molar-refractivity contribution in [3.8, 4) is 11.8 Å². The van der Waals surface area contributed by atoms with Crippen LogP contribution in [0.1, 0.15) is 96.0 Å². The second kappa shape index (κ2) is 13.8. The first kappa shape index (κ1) is 23.9. The van der Waals surface area contributed by atoms with E-state index in [-0.39, 0.29) is 11.8 Å². The molecular formula is C27H37NO2. The van der Waals surface area contributed by atoms with Crippen molar-refractivity contribution in [3.05, 3.63) is 41.5 Å². The van der Waals surface area contributed by atoms with Crippen LogP contribution in [0.5, 0.6) is 0 Å². The standard InChI is InChI=1S/C27H37NO2/c1-3-4-5-6-7-8-9-10-11-12-13-14-15-16-17-24-22-26(29)28(27(24)30)25-20-18-23(2)19-21-25/h18-22H,3-15H2,1-2H3. The maximum atomic E-state index is 12.5. The van der Waals surface area contributed by atoms with Crippen LogP contribution in [0.3, 0.4) is 0 Å². The van der Waals surface area contributed by atoms with Crippen molar-refractivity contribution in [2.45, 2.75) is 97.3 Å². The van der Waals surface area contributed by atoms with E-state index in [4.69, 9.17) is 0 Å². The Hall–Kier alpha value is -2.34. The third kappa shape index (κ3) is 8.19. The normalized spacial score (nSPS) is 13.4. The summed E-state index contributed by atoms with van der Waals surface area (Å²) in [6.07, 6.45) is 18.0. The van der Waals surface area contributed by atoms with Gasteiger partial charge in [0, 0.05) is 12.5 Å². The summed E-state index contributed by atoms with van der Waals surface area (Å²) in [6, 6.07) is 7.38. The van der Waals surface area contributed by atoms with Crippen LogP contribution >= 0.6 is 0 Å². The van der Waals surface area contributed by atoms with Gasteiger partial charge in [-0.1, -0.05) is 107 Å². The molecule has 1 aliphatic heterocycles. The summed E-state index contributed by atoms with van der Waals surface area (Å²) in [5, 5.41) is 0. The number of imide groups is 1. The van der Waals surface area contributed by atoms with E-state index < -0.39 is 0 Å². The minimum Gasteiger partial charge on any atom is -0.269 e. The Kier molecular flexibility index (Phi) is 11.0. The number of unbranched alkanes of at least 4 members (excludes halogenated alkanes) is 12. The fourth-order valence-corrected chi connectivity index (χ4v) is 3.71. The van der Waals surface area contributed by atoms with Crippen LogP contribution in [-0.4, -0.2) is 11.8 Å². The summed E-state index contributed by atoms with van der Waals surface area (Å²) in [5.41, 5.74) is 2.00. The lowest BCUT2D eigenvalue weighted by Crippen LogP contribution is -2.30. The summed E-state index contributed by atoms with van der Waals surface area (Å²) in [7, 11) is 0. The number of carbonyl (C=O) groups excluding carboxylic acids is 2. The molecule has 1 aromatic carbocycles. The van der Waals surface area contributed by atoms with Crippen molar-refractivity contribution in [2.75, 3.05) is 4.90 Å². The highest BCUT2D eigenvalue weighted by molar-refractivity contribution is 6.32. The predicted octanol–water partition coefficient (Wildman–Crippen LogP) is 6.89. The largest absolute Gasteiger partial charge is 0.274 e. The van der Waals surface area contributed by atoms with Gasteiger partial charge in [0.1, 0.15) is 0 Å². The van der Waals surface area contributed by atoms with Crippen LogP contribution < -0.4 is 4.90 Å². The number of carbonyl (C=O) groups is 2. The van der Waals surface area contributed by atoms with Crippen LogP contribution in [0, 0.1) is 18.8 Å². The summed E-state index contributed by atoms with van der Waals surface area (Å²) in [6.45, 7) is 4.24. The van der Waals surface area contributed by atoms with Gasteiger partial charge in [-0.2, -0.15) is 0 Å². The van der Waals surface area contributed by atoms with Gasteiger partial charge in [-0.05, 0) is 25.5 Å². The van der Waals surface area contributed by atoms with E-state index in [1.54, 1.807) is 12.1 Å². The molecule has 2 amide bonds. The molecule has 0 spiro atoms. The molecule has 0 N–H and O–H groups in total. The molecule has 0 aliphatic carbocycles. The molecule has 162 valence electrons. The van der Waals surface area contributed by atoms with Crippen LogP contribution in [0.25, 0.3) is 0 Å². The monoisotopic (exact) mass is 407 g/mol. The maximum absolute atomic E-state index is 12.5. The van der Waals surface area contributed by atoms with Gasteiger partial charge in [0.15, 0.2) is 0 Å². The molecule has 30 heavy (non-hydrogen) atoms. The van der Waals surface area contributed by atoms with E-state index >= 15 is 0 Å². The molecule has 0 radical (unpaired) electrons. The van der Waals surface area contributed by atoms with Gasteiger partial charge in [-0.3, -0.25) is 9.59 Å². The first-order valence-electron chi connectivity index (χ1n) is 11.8. The molecule has 1 aliphatic rings. The van der Waals surface area contributed by atoms with Crippen molar-refractivity contribution in [1.82, 2.24) is 0 Å². The second-order valence-corrected chi connectivity index (χ2v) is 8.31. The summed E-state index contributed by atoms with van der Waals surface area (Å²) in [4.78, 5) is 25.9. The van der Waals surface area contributed by atoms with E-state index in [2.05, 4.69) is 18.8 Å². The fraction of sp³-hybridized carbons (Fsp3) is 0.556. The van der Waals surface area contributed by atoms with Gasteiger partial charge in [0.25, 0.3) is 11.8 Å². The molecule has 0 unspecified atom stereocenters. The summed E-state index contributed by atoms with van der Waals surface area (Å²) >= 11 is 0. The Balaban J connectivity index is 1.57. The molecule has 0 atom stereocenters.